The van der Waals surface area contributed by atoms with Crippen molar-refractivity contribution in [3.8, 4) is 0 Å². The zero-order chi connectivity index (χ0) is 17.3. The number of imidazole rings is 2. The Balaban J connectivity index is 1.66. The van der Waals surface area contributed by atoms with Crippen LogP contribution >= 0.6 is 0 Å². The second-order valence-corrected chi connectivity index (χ2v) is 7.93. The number of rotatable bonds is 5. The van der Waals surface area contributed by atoms with Crippen LogP contribution in [0.5, 0.6) is 0 Å². The number of aromatic nitrogens is 4. The lowest BCUT2D eigenvalue weighted by atomic mass is 10.3. The molecule has 1 saturated heterocycles. The van der Waals surface area contributed by atoms with Crippen molar-refractivity contribution >= 4 is 10.0 Å². The summed E-state index contributed by atoms with van der Waals surface area (Å²) in [4.78, 5) is 10.8. The molecule has 0 amide bonds. The first-order valence-electron chi connectivity index (χ1n) is 8.14. The van der Waals surface area contributed by atoms with Gasteiger partial charge in [-0.05, 0) is 13.8 Å². The van der Waals surface area contributed by atoms with Gasteiger partial charge in [0.2, 0.25) is 0 Å². The third-order valence-electron chi connectivity index (χ3n) is 4.52. The van der Waals surface area contributed by atoms with Crippen LogP contribution in [0.1, 0.15) is 18.6 Å². The summed E-state index contributed by atoms with van der Waals surface area (Å²) in [7, 11) is -1.55. The van der Waals surface area contributed by atoms with E-state index in [0.717, 1.165) is 18.2 Å². The molecular weight excluding hydrogens is 328 g/mol. The lowest BCUT2D eigenvalue weighted by molar-refractivity contribution is 0.176. The van der Waals surface area contributed by atoms with Crippen molar-refractivity contribution < 1.29 is 8.42 Å². The molecule has 2 aromatic rings. The summed E-state index contributed by atoms with van der Waals surface area (Å²) in [6, 6.07) is 0. The van der Waals surface area contributed by atoms with Gasteiger partial charge in [-0.1, -0.05) is 0 Å². The normalized spacial score (nSPS) is 17.5. The van der Waals surface area contributed by atoms with Crippen molar-refractivity contribution in [2.45, 2.75) is 32.0 Å². The largest absolute Gasteiger partial charge is 0.337 e. The molecular formula is C15H24N6O2S. The van der Waals surface area contributed by atoms with Crippen LogP contribution < -0.4 is 0 Å². The van der Waals surface area contributed by atoms with Crippen molar-refractivity contribution in [3.05, 3.63) is 30.2 Å². The van der Waals surface area contributed by atoms with E-state index in [1.54, 1.807) is 12.4 Å². The molecule has 1 aliphatic heterocycles. The van der Waals surface area contributed by atoms with E-state index in [1.807, 2.05) is 36.2 Å². The summed E-state index contributed by atoms with van der Waals surface area (Å²) in [5, 5.41) is 0.152. The summed E-state index contributed by atoms with van der Waals surface area (Å²) in [5.41, 5.74) is 0. The lowest BCUT2D eigenvalue weighted by Gasteiger charge is -2.33. The molecule has 0 unspecified atom stereocenters. The zero-order valence-corrected chi connectivity index (χ0v) is 15.2. The molecule has 1 fully saturated rings. The van der Waals surface area contributed by atoms with Gasteiger partial charge in [-0.2, -0.15) is 4.31 Å². The Kier molecular flexibility index (Phi) is 4.75. The molecule has 0 N–H and O–H groups in total. The van der Waals surface area contributed by atoms with E-state index in [9.17, 15) is 8.42 Å². The van der Waals surface area contributed by atoms with Crippen molar-refractivity contribution in [3.63, 3.8) is 0 Å². The van der Waals surface area contributed by atoms with Gasteiger partial charge in [-0.3, -0.25) is 4.90 Å². The van der Waals surface area contributed by atoms with E-state index in [2.05, 4.69) is 14.9 Å². The highest BCUT2D eigenvalue weighted by molar-refractivity contribution is 7.89. The van der Waals surface area contributed by atoms with Gasteiger partial charge in [-0.25, -0.2) is 18.4 Å². The Morgan fingerprint density at radius 3 is 2.46 bits per heavy atom. The Hall–Kier alpha value is -1.71. The third kappa shape index (κ3) is 3.24. The van der Waals surface area contributed by atoms with Gasteiger partial charge in [0.25, 0.3) is 10.0 Å². The number of aryl methyl sites for hydroxylation is 3. The first-order valence-corrected chi connectivity index (χ1v) is 9.58. The molecule has 0 aromatic carbocycles. The molecule has 0 bridgehead atoms. The number of piperazine rings is 1. The zero-order valence-electron chi connectivity index (χ0n) is 14.4. The first kappa shape index (κ1) is 17.1. The van der Waals surface area contributed by atoms with E-state index in [-0.39, 0.29) is 5.03 Å². The summed E-state index contributed by atoms with van der Waals surface area (Å²) in [6.07, 6.45) is 5.33. The van der Waals surface area contributed by atoms with Crippen LogP contribution in [0.3, 0.4) is 0 Å². The molecule has 0 radical (unpaired) electrons. The van der Waals surface area contributed by atoms with Gasteiger partial charge in [0.1, 0.15) is 11.6 Å². The van der Waals surface area contributed by atoms with Crippen LogP contribution in [-0.4, -0.2) is 62.9 Å². The molecule has 3 rings (SSSR count). The molecule has 1 aliphatic rings. The molecule has 0 aliphatic carbocycles. The topological polar surface area (TPSA) is 76.3 Å². The van der Waals surface area contributed by atoms with E-state index in [0.29, 0.717) is 32.7 Å². The molecule has 3 heterocycles. The van der Waals surface area contributed by atoms with Gasteiger partial charge in [0.15, 0.2) is 5.03 Å². The van der Waals surface area contributed by atoms with E-state index < -0.39 is 10.0 Å². The maximum atomic E-state index is 12.8. The second kappa shape index (κ2) is 6.66. The fraction of sp³-hybridized carbons (Fsp3) is 0.600. The maximum Gasteiger partial charge on any atom is 0.262 e. The summed E-state index contributed by atoms with van der Waals surface area (Å²) in [5.74, 6) is 1.72. The summed E-state index contributed by atoms with van der Waals surface area (Å²) >= 11 is 0. The van der Waals surface area contributed by atoms with Crippen molar-refractivity contribution in [2.75, 3.05) is 26.2 Å². The van der Waals surface area contributed by atoms with E-state index in [1.165, 1.54) is 4.31 Å². The Morgan fingerprint density at radius 2 is 1.92 bits per heavy atom. The summed E-state index contributed by atoms with van der Waals surface area (Å²) in [6.45, 7) is 7.59. The van der Waals surface area contributed by atoms with Crippen LogP contribution in [0, 0.1) is 6.92 Å². The average molecular weight is 352 g/mol. The summed E-state index contributed by atoms with van der Waals surface area (Å²) < 4.78 is 30.9. The minimum atomic E-state index is -3.51. The minimum absolute atomic E-state index is 0.152. The second-order valence-electron chi connectivity index (χ2n) is 6.05. The van der Waals surface area contributed by atoms with Gasteiger partial charge in [-0.15, -0.1) is 0 Å². The smallest absolute Gasteiger partial charge is 0.262 e. The molecule has 132 valence electrons. The molecule has 8 nitrogen and oxygen atoms in total. The number of nitrogens with zero attached hydrogens (tertiary/aromatic N) is 6. The molecule has 0 saturated carbocycles. The van der Waals surface area contributed by atoms with Gasteiger partial charge in [0.05, 0.1) is 6.54 Å². The number of hydrogen-bond acceptors (Lipinski definition) is 5. The quantitative estimate of drug-likeness (QED) is 0.781. The van der Waals surface area contributed by atoms with Gasteiger partial charge < -0.3 is 9.13 Å². The molecule has 24 heavy (non-hydrogen) atoms. The number of sulfonamides is 1. The first-order chi connectivity index (χ1) is 11.4. The van der Waals surface area contributed by atoms with Crippen LogP contribution in [0.15, 0.2) is 23.6 Å². The average Bonchev–Trinajstić information content (AvgIpc) is 3.14. The fourth-order valence-electron chi connectivity index (χ4n) is 2.93. The predicted molar refractivity (Wildman–Crippen MR) is 89.9 cm³/mol. The fourth-order valence-corrected chi connectivity index (χ4v) is 4.35. The Bertz CT molecular complexity index is 802. The molecule has 9 heteroatoms. The molecule has 0 atom stereocenters. The van der Waals surface area contributed by atoms with Crippen LogP contribution in [0.25, 0.3) is 0 Å². The van der Waals surface area contributed by atoms with Crippen molar-refractivity contribution in [2.24, 2.45) is 7.05 Å². The highest BCUT2D eigenvalue weighted by Gasteiger charge is 2.30. The molecule has 0 spiro atoms. The highest BCUT2D eigenvalue weighted by Crippen LogP contribution is 2.18. The van der Waals surface area contributed by atoms with E-state index in [4.69, 9.17) is 0 Å². The Morgan fingerprint density at radius 1 is 1.21 bits per heavy atom. The van der Waals surface area contributed by atoms with E-state index >= 15 is 0 Å². The van der Waals surface area contributed by atoms with Crippen LogP contribution in [0.2, 0.25) is 0 Å². The monoisotopic (exact) mass is 352 g/mol. The minimum Gasteiger partial charge on any atom is -0.337 e. The number of hydrogen-bond donors (Lipinski definition) is 0. The van der Waals surface area contributed by atoms with Gasteiger partial charge in [0, 0.05) is 58.4 Å². The van der Waals surface area contributed by atoms with Crippen molar-refractivity contribution in [1.82, 2.24) is 28.3 Å². The van der Waals surface area contributed by atoms with Crippen molar-refractivity contribution in [1.29, 1.82) is 0 Å². The highest BCUT2D eigenvalue weighted by atomic mass is 32.2. The van der Waals surface area contributed by atoms with Crippen LogP contribution in [0.4, 0.5) is 0 Å². The predicted octanol–water partition coefficient (Wildman–Crippen LogP) is 0.451. The third-order valence-corrected chi connectivity index (χ3v) is 6.29. The maximum absolute atomic E-state index is 12.8. The SMILES string of the molecule is CCn1cc(S(=O)(=O)N2CCN(Cc3nccn3C)CC2)nc1C. The lowest BCUT2D eigenvalue weighted by Crippen LogP contribution is -2.48. The van der Waals surface area contributed by atoms with Gasteiger partial charge >= 0.3 is 0 Å². The van der Waals surface area contributed by atoms with Crippen LogP contribution in [-0.2, 0) is 30.2 Å². The molecule has 2 aromatic heterocycles. The standard InChI is InChI=1S/C15H24N6O2S/c1-4-20-12-15(17-13(20)2)24(22,23)21-9-7-19(8-10-21)11-14-16-5-6-18(14)3/h5-6,12H,4,7-11H2,1-3H3. The Labute approximate surface area is 142 Å².